The number of ether oxygens (including phenoxy) is 1. The zero-order chi connectivity index (χ0) is 15.1. The average Bonchev–Trinajstić information content (AvgIpc) is 2.34. The van der Waals surface area contributed by atoms with Crippen LogP contribution in [0.25, 0.3) is 0 Å². The van der Waals surface area contributed by atoms with E-state index in [0.29, 0.717) is 17.9 Å². The Hall–Kier alpha value is -1.36. The van der Waals surface area contributed by atoms with Gasteiger partial charge in [-0.05, 0) is 40.8 Å². The molecule has 1 aromatic rings. The summed E-state index contributed by atoms with van der Waals surface area (Å²) in [6.45, 7) is 15.5. The first-order valence-electron chi connectivity index (χ1n) is 7.45. The Morgan fingerprint density at radius 1 is 1.20 bits per heavy atom. The summed E-state index contributed by atoms with van der Waals surface area (Å²) in [5.41, 5.74) is 0.910. The first-order valence-corrected chi connectivity index (χ1v) is 7.45. The van der Waals surface area contributed by atoms with Gasteiger partial charge in [-0.15, -0.1) is 0 Å². The molecular weight excluding hydrogens is 252 g/mol. The van der Waals surface area contributed by atoms with Gasteiger partial charge in [0, 0.05) is 24.3 Å². The number of likely N-dealkylation sites (N-methyl/N-ethyl adjacent to an activating group) is 1. The van der Waals surface area contributed by atoms with E-state index in [9.17, 15) is 0 Å². The third-order valence-electron chi connectivity index (χ3n) is 2.99. The van der Waals surface area contributed by atoms with E-state index in [0.717, 1.165) is 25.3 Å². The van der Waals surface area contributed by atoms with E-state index < -0.39 is 0 Å². The van der Waals surface area contributed by atoms with Gasteiger partial charge in [0.25, 0.3) is 0 Å². The van der Waals surface area contributed by atoms with Gasteiger partial charge in [-0.2, -0.15) is 4.98 Å². The third-order valence-corrected chi connectivity index (χ3v) is 2.99. The van der Waals surface area contributed by atoms with E-state index in [1.54, 1.807) is 0 Å². The molecular formula is C15H28N4O. The minimum atomic E-state index is 0.116. The van der Waals surface area contributed by atoms with E-state index >= 15 is 0 Å². The van der Waals surface area contributed by atoms with Crippen LogP contribution in [-0.4, -0.2) is 46.6 Å². The molecule has 0 amide bonds. The van der Waals surface area contributed by atoms with Crippen LogP contribution in [-0.2, 0) is 0 Å². The van der Waals surface area contributed by atoms with Crippen molar-refractivity contribution in [2.24, 2.45) is 0 Å². The van der Waals surface area contributed by atoms with E-state index in [4.69, 9.17) is 4.74 Å². The first kappa shape index (κ1) is 16.7. The SMILES string of the molecule is CCN(CC)CC(C)Nc1nc(C)cc(OC(C)C)n1. The van der Waals surface area contributed by atoms with Crippen LogP contribution in [0, 0.1) is 6.92 Å². The minimum absolute atomic E-state index is 0.116. The third kappa shape index (κ3) is 5.74. The zero-order valence-corrected chi connectivity index (χ0v) is 13.6. The van der Waals surface area contributed by atoms with Gasteiger partial charge in [-0.3, -0.25) is 0 Å². The van der Waals surface area contributed by atoms with Crippen LogP contribution in [0.2, 0.25) is 0 Å². The summed E-state index contributed by atoms with van der Waals surface area (Å²) >= 11 is 0. The van der Waals surface area contributed by atoms with Crippen LogP contribution in [0.5, 0.6) is 5.88 Å². The van der Waals surface area contributed by atoms with Crippen molar-refractivity contribution < 1.29 is 4.74 Å². The second kappa shape index (κ2) is 8.04. The molecule has 5 heteroatoms. The fraction of sp³-hybridized carbons (Fsp3) is 0.733. The van der Waals surface area contributed by atoms with E-state index in [2.05, 4.69) is 41.0 Å². The van der Waals surface area contributed by atoms with Crippen LogP contribution >= 0.6 is 0 Å². The number of nitrogens with zero attached hydrogens (tertiary/aromatic N) is 3. The fourth-order valence-corrected chi connectivity index (χ4v) is 2.04. The number of aromatic nitrogens is 2. The largest absolute Gasteiger partial charge is 0.475 e. The quantitative estimate of drug-likeness (QED) is 0.793. The molecule has 0 fully saturated rings. The van der Waals surface area contributed by atoms with Gasteiger partial charge >= 0.3 is 0 Å². The second-order valence-electron chi connectivity index (χ2n) is 5.37. The predicted octanol–water partition coefficient (Wildman–Crippen LogP) is 2.71. The Morgan fingerprint density at radius 2 is 1.85 bits per heavy atom. The van der Waals surface area contributed by atoms with Gasteiger partial charge in [0.2, 0.25) is 11.8 Å². The van der Waals surface area contributed by atoms with Crippen molar-refractivity contribution >= 4 is 5.95 Å². The smallest absolute Gasteiger partial charge is 0.226 e. The lowest BCUT2D eigenvalue weighted by Gasteiger charge is -2.23. The first-order chi connectivity index (χ1) is 9.44. The number of anilines is 1. The molecule has 5 nitrogen and oxygen atoms in total. The molecule has 1 aromatic heterocycles. The van der Waals surface area contributed by atoms with Crippen LogP contribution in [0.1, 0.15) is 40.3 Å². The van der Waals surface area contributed by atoms with Crippen molar-refractivity contribution in [1.29, 1.82) is 0 Å². The molecule has 1 atom stereocenters. The Kier molecular flexibility index (Phi) is 6.71. The van der Waals surface area contributed by atoms with Crippen molar-refractivity contribution in [3.63, 3.8) is 0 Å². The molecule has 1 heterocycles. The van der Waals surface area contributed by atoms with Crippen molar-refractivity contribution in [2.45, 2.75) is 53.7 Å². The summed E-state index contributed by atoms with van der Waals surface area (Å²) in [4.78, 5) is 11.2. The predicted molar refractivity (Wildman–Crippen MR) is 83.4 cm³/mol. The molecule has 0 saturated carbocycles. The normalized spacial score (nSPS) is 12.8. The monoisotopic (exact) mass is 280 g/mol. The molecule has 0 aliphatic carbocycles. The highest BCUT2D eigenvalue weighted by Crippen LogP contribution is 2.14. The molecule has 114 valence electrons. The fourth-order valence-electron chi connectivity index (χ4n) is 2.04. The Balaban J connectivity index is 2.68. The van der Waals surface area contributed by atoms with Gasteiger partial charge in [0.15, 0.2) is 0 Å². The number of rotatable bonds is 8. The summed E-state index contributed by atoms with van der Waals surface area (Å²) in [6.07, 6.45) is 0.116. The molecule has 0 radical (unpaired) electrons. The standard InChI is InChI=1S/C15H28N4O/c1-7-19(8-2)10-13(6)17-15-16-12(5)9-14(18-15)20-11(3)4/h9,11,13H,7-8,10H2,1-6H3,(H,16,17,18). The molecule has 1 rings (SSSR count). The lowest BCUT2D eigenvalue weighted by molar-refractivity contribution is 0.232. The van der Waals surface area contributed by atoms with Gasteiger partial charge in [-0.25, -0.2) is 4.98 Å². The van der Waals surface area contributed by atoms with Crippen LogP contribution < -0.4 is 10.1 Å². The van der Waals surface area contributed by atoms with Crippen molar-refractivity contribution in [1.82, 2.24) is 14.9 Å². The van der Waals surface area contributed by atoms with E-state index in [1.807, 2.05) is 26.8 Å². The molecule has 0 bridgehead atoms. The summed E-state index contributed by atoms with van der Waals surface area (Å²) in [7, 11) is 0. The molecule has 0 aliphatic heterocycles. The van der Waals surface area contributed by atoms with Crippen LogP contribution in [0.4, 0.5) is 5.95 Å². The van der Waals surface area contributed by atoms with Crippen molar-refractivity contribution in [2.75, 3.05) is 25.0 Å². The average molecular weight is 280 g/mol. The van der Waals surface area contributed by atoms with E-state index in [-0.39, 0.29) is 6.10 Å². The molecule has 0 aliphatic rings. The summed E-state index contributed by atoms with van der Waals surface area (Å²) < 4.78 is 5.64. The summed E-state index contributed by atoms with van der Waals surface area (Å²) in [5, 5.41) is 3.35. The highest BCUT2D eigenvalue weighted by Gasteiger charge is 2.10. The molecule has 0 saturated heterocycles. The van der Waals surface area contributed by atoms with Gasteiger partial charge in [0.05, 0.1) is 6.10 Å². The summed E-state index contributed by atoms with van der Waals surface area (Å²) in [6, 6.07) is 2.16. The number of hydrogen-bond acceptors (Lipinski definition) is 5. The maximum atomic E-state index is 5.64. The number of aryl methyl sites for hydroxylation is 1. The number of hydrogen-bond donors (Lipinski definition) is 1. The Bertz CT molecular complexity index is 405. The zero-order valence-electron chi connectivity index (χ0n) is 13.6. The maximum absolute atomic E-state index is 5.64. The molecule has 1 N–H and O–H groups in total. The van der Waals surface area contributed by atoms with Crippen molar-refractivity contribution in [3.05, 3.63) is 11.8 Å². The van der Waals surface area contributed by atoms with Gasteiger partial charge < -0.3 is 15.0 Å². The Morgan fingerprint density at radius 3 is 2.40 bits per heavy atom. The lowest BCUT2D eigenvalue weighted by Crippen LogP contribution is -2.35. The highest BCUT2D eigenvalue weighted by atomic mass is 16.5. The molecule has 1 unspecified atom stereocenters. The minimum Gasteiger partial charge on any atom is -0.475 e. The van der Waals surface area contributed by atoms with E-state index in [1.165, 1.54) is 0 Å². The van der Waals surface area contributed by atoms with Gasteiger partial charge in [0.1, 0.15) is 0 Å². The highest BCUT2D eigenvalue weighted by molar-refractivity contribution is 5.31. The maximum Gasteiger partial charge on any atom is 0.226 e. The topological polar surface area (TPSA) is 50.3 Å². The molecule has 0 spiro atoms. The lowest BCUT2D eigenvalue weighted by atomic mass is 10.3. The van der Waals surface area contributed by atoms with Crippen LogP contribution in [0.15, 0.2) is 6.07 Å². The Labute approximate surface area is 122 Å². The van der Waals surface area contributed by atoms with Gasteiger partial charge in [-0.1, -0.05) is 13.8 Å². The molecule has 20 heavy (non-hydrogen) atoms. The second-order valence-corrected chi connectivity index (χ2v) is 5.37. The summed E-state index contributed by atoms with van der Waals surface area (Å²) in [5.74, 6) is 1.27. The molecule has 0 aromatic carbocycles. The number of nitrogens with one attached hydrogen (secondary N) is 1. The van der Waals surface area contributed by atoms with Crippen molar-refractivity contribution in [3.8, 4) is 5.88 Å². The van der Waals surface area contributed by atoms with Crippen LogP contribution in [0.3, 0.4) is 0 Å².